The van der Waals surface area contributed by atoms with Crippen LogP contribution in [0.5, 0.6) is 0 Å². The van der Waals surface area contributed by atoms with Gasteiger partial charge in [-0.2, -0.15) is 0 Å². The van der Waals surface area contributed by atoms with Crippen molar-refractivity contribution in [3.8, 4) is 0 Å². The van der Waals surface area contributed by atoms with Gasteiger partial charge in [0.2, 0.25) is 0 Å². The van der Waals surface area contributed by atoms with Gasteiger partial charge in [-0.25, -0.2) is 4.79 Å². The van der Waals surface area contributed by atoms with Gasteiger partial charge in [-0.05, 0) is 23.3 Å². The Morgan fingerprint density at radius 3 is 2.55 bits per heavy atom. The summed E-state index contributed by atoms with van der Waals surface area (Å²) in [5, 5.41) is 4.57. The number of hydrogen-bond acceptors (Lipinski definition) is 3. The lowest BCUT2D eigenvalue weighted by Crippen LogP contribution is -2.41. The summed E-state index contributed by atoms with van der Waals surface area (Å²) in [4.78, 5) is 23.9. The highest BCUT2D eigenvalue weighted by molar-refractivity contribution is 6.07. The quantitative estimate of drug-likeness (QED) is 0.869. The number of methoxy groups -OCH3 is 1. The number of nitrogens with one attached hydrogen (secondary N) is 1. The van der Waals surface area contributed by atoms with Crippen LogP contribution in [0.3, 0.4) is 0 Å². The molecular weight excluding hydrogens is 254 g/mol. The summed E-state index contributed by atoms with van der Waals surface area (Å²) in [6, 6.07) is 12.6. The molecular formula is C16H17NO3. The van der Waals surface area contributed by atoms with Crippen molar-refractivity contribution in [1.29, 1.82) is 0 Å². The third-order valence-corrected chi connectivity index (χ3v) is 3.23. The molecule has 0 fully saturated rings. The average Bonchev–Trinajstić information content (AvgIpc) is 2.51. The summed E-state index contributed by atoms with van der Waals surface area (Å²) >= 11 is 0. The Morgan fingerprint density at radius 1 is 1.15 bits per heavy atom. The smallest absolute Gasteiger partial charge is 0.328 e. The van der Waals surface area contributed by atoms with Crippen LogP contribution in [0.1, 0.15) is 23.7 Å². The Bertz CT molecular complexity index is 631. The molecule has 1 amide bonds. The zero-order valence-electron chi connectivity index (χ0n) is 11.6. The minimum atomic E-state index is -0.619. The van der Waals surface area contributed by atoms with Gasteiger partial charge in [0.25, 0.3) is 5.91 Å². The summed E-state index contributed by atoms with van der Waals surface area (Å²) in [6.07, 6.45) is 0.489. The van der Waals surface area contributed by atoms with E-state index in [9.17, 15) is 9.59 Å². The molecule has 2 aromatic rings. The molecule has 4 nitrogen and oxygen atoms in total. The van der Waals surface area contributed by atoms with E-state index in [-0.39, 0.29) is 5.91 Å². The molecule has 0 aliphatic heterocycles. The van der Waals surface area contributed by atoms with Crippen LogP contribution in [0.2, 0.25) is 0 Å². The van der Waals surface area contributed by atoms with Crippen molar-refractivity contribution in [2.24, 2.45) is 0 Å². The number of fused-ring (bicyclic) bond motifs is 1. The fraction of sp³-hybridized carbons (Fsp3) is 0.250. The highest BCUT2D eigenvalue weighted by Gasteiger charge is 2.20. The first-order valence-corrected chi connectivity index (χ1v) is 6.53. The van der Waals surface area contributed by atoms with Gasteiger partial charge in [0.15, 0.2) is 0 Å². The van der Waals surface area contributed by atoms with Crippen molar-refractivity contribution in [2.45, 2.75) is 19.4 Å². The van der Waals surface area contributed by atoms with Crippen molar-refractivity contribution in [2.75, 3.05) is 7.11 Å². The molecule has 0 aliphatic rings. The molecule has 1 N–H and O–H groups in total. The predicted octanol–water partition coefficient (Wildman–Crippen LogP) is 2.52. The Morgan fingerprint density at radius 2 is 1.85 bits per heavy atom. The predicted molar refractivity (Wildman–Crippen MR) is 77.5 cm³/mol. The second-order valence-electron chi connectivity index (χ2n) is 4.48. The van der Waals surface area contributed by atoms with Gasteiger partial charge < -0.3 is 10.1 Å². The van der Waals surface area contributed by atoms with Gasteiger partial charge in [0.05, 0.1) is 7.11 Å². The Hall–Kier alpha value is -2.36. The molecule has 1 atom stereocenters. The normalized spacial score (nSPS) is 11.9. The summed E-state index contributed by atoms with van der Waals surface area (Å²) < 4.78 is 4.67. The molecule has 0 aromatic heterocycles. The van der Waals surface area contributed by atoms with E-state index in [1.807, 2.05) is 43.3 Å². The molecule has 104 valence electrons. The second kappa shape index (κ2) is 6.19. The number of benzene rings is 2. The average molecular weight is 271 g/mol. The monoisotopic (exact) mass is 271 g/mol. The van der Waals surface area contributed by atoms with E-state index in [2.05, 4.69) is 10.1 Å². The first-order valence-electron chi connectivity index (χ1n) is 6.53. The van der Waals surface area contributed by atoms with Gasteiger partial charge in [-0.1, -0.05) is 43.3 Å². The number of amides is 1. The molecule has 4 heteroatoms. The Balaban J connectivity index is 2.30. The van der Waals surface area contributed by atoms with Crippen LogP contribution in [-0.2, 0) is 9.53 Å². The zero-order chi connectivity index (χ0) is 14.5. The minimum Gasteiger partial charge on any atom is -0.467 e. The summed E-state index contributed by atoms with van der Waals surface area (Å²) in [7, 11) is 1.31. The summed E-state index contributed by atoms with van der Waals surface area (Å²) in [6.45, 7) is 1.82. The van der Waals surface area contributed by atoms with Crippen molar-refractivity contribution in [1.82, 2.24) is 5.32 Å². The molecule has 0 aliphatic carbocycles. The molecule has 0 spiro atoms. The zero-order valence-corrected chi connectivity index (χ0v) is 11.6. The Kier molecular flexibility index (Phi) is 4.35. The second-order valence-corrected chi connectivity index (χ2v) is 4.48. The fourth-order valence-corrected chi connectivity index (χ4v) is 2.13. The Labute approximate surface area is 117 Å². The lowest BCUT2D eigenvalue weighted by atomic mass is 10.0. The first kappa shape index (κ1) is 14.1. The maximum atomic E-state index is 12.3. The van der Waals surface area contributed by atoms with Crippen LogP contribution >= 0.6 is 0 Å². The number of esters is 1. The largest absolute Gasteiger partial charge is 0.467 e. The molecule has 0 unspecified atom stereocenters. The third kappa shape index (κ3) is 2.79. The van der Waals surface area contributed by atoms with Crippen LogP contribution in [0.4, 0.5) is 0 Å². The number of hydrogen-bond donors (Lipinski definition) is 1. The highest BCUT2D eigenvalue weighted by Crippen LogP contribution is 2.18. The first-order chi connectivity index (χ1) is 9.67. The van der Waals surface area contributed by atoms with E-state index in [1.54, 1.807) is 6.07 Å². The molecule has 20 heavy (non-hydrogen) atoms. The fourth-order valence-electron chi connectivity index (χ4n) is 2.13. The van der Waals surface area contributed by atoms with Gasteiger partial charge in [0.1, 0.15) is 6.04 Å². The standard InChI is InChI=1S/C16H17NO3/c1-3-14(16(19)20-2)17-15(18)13-10-6-8-11-7-4-5-9-12(11)13/h4-10,14H,3H2,1-2H3,(H,17,18)/t14-/m0/s1. The van der Waals surface area contributed by atoms with Gasteiger partial charge >= 0.3 is 5.97 Å². The maximum Gasteiger partial charge on any atom is 0.328 e. The van der Waals surface area contributed by atoms with E-state index in [0.717, 1.165) is 10.8 Å². The number of rotatable bonds is 4. The summed E-state index contributed by atoms with van der Waals surface area (Å²) in [5.74, 6) is -0.694. The molecule has 0 heterocycles. The van der Waals surface area contributed by atoms with Crippen LogP contribution < -0.4 is 5.32 Å². The SMILES string of the molecule is CC[C@H](NC(=O)c1cccc2ccccc12)C(=O)OC. The van der Waals surface area contributed by atoms with E-state index >= 15 is 0 Å². The van der Waals surface area contributed by atoms with Crippen LogP contribution in [-0.4, -0.2) is 25.0 Å². The van der Waals surface area contributed by atoms with E-state index < -0.39 is 12.0 Å². The van der Waals surface area contributed by atoms with Crippen molar-refractivity contribution in [3.63, 3.8) is 0 Å². The van der Waals surface area contributed by atoms with E-state index in [4.69, 9.17) is 0 Å². The van der Waals surface area contributed by atoms with Gasteiger partial charge in [0, 0.05) is 5.56 Å². The minimum absolute atomic E-state index is 0.265. The van der Waals surface area contributed by atoms with Crippen LogP contribution in [0.25, 0.3) is 10.8 Å². The number of carbonyl (C=O) groups is 2. The molecule has 0 bridgehead atoms. The van der Waals surface area contributed by atoms with Crippen LogP contribution in [0, 0.1) is 0 Å². The van der Waals surface area contributed by atoms with Crippen molar-refractivity contribution < 1.29 is 14.3 Å². The molecule has 0 radical (unpaired) electrons. The number of ether oxygens (including phenoxy) is 1. The lowest BCUT2D eigenvalue weighted by molar-refractivity contribution is -0.142. The molecule has 0 saturated carbocycles. The molecule has 2 rings (SSSR count). The van der Waals surface area contributed by atoms with Crippen molar-refractivity contribution in [3.05, 3.63) is 48.0 Å². The highest BCUT2D eigenvalue weighted by atomic mass is 16.5. The third-order valence-electron chi connectivity index (χ3n) is 3.23. The van der Waals surface area contributed by atoms with Crippen molar-refractivity contribution >= 4 is 22.6 Å². The van der Waals surface area contributed by atoms with Gasteiger partial charge in [-0.15, -0.1) is 0 Å². The van der Waals surface area contributed by atoms with Gasteiger partial charge in [-0.3, -0.25) is 4.79 Å². The topological polar surface area (TPSA) is 55.4 Å². The van der Waals surface area contributed by atoms with E-state index in [1.165, 1.54) is 7.11 Å². The number of carbonyl (C=O) groups excluding carboxylic acids is 2. The lowest BCUT2D eigenvalue weighted by Gasteiger charge is -2.15. The van der Waals surface area contributed by atoms with E-state index in [0.29, 0.717) is 12.0 Å². The van der Waals surface area contributed by atoms with Crippen LogP contribution in [0.15, 0.2) is 42.5 Å². The summed E-state index contributed by atoms with van der Waals surface area (Å²) in [5.41, 5.74) is 0.561. The maximum absolute atomic E-state index is 12.3. The molecule has 0 saturated heterocycles. The molecule has 2 aromatic carbocycles.